The Kier molecular flexibility index (Phi) is 18.9. The van der Waals surface area contributed by atoms with Crippen molar-refractivity contribution in [1.29, 1.82) is 0 Å². The Morgan fingerprint density at radius 3 is 1.47 bits per heavy atom. The van der Waals surface area contributed by atoms with Gasteiger partial charge in [-0.15, -0.1) is 80.7 Å². The maximum atomic E-state index is 2.55. The molecule has 0 aliphatic heterocycles. The second-order valence-electron chi connectivity index (χ2n) is 12.4. The van der Waals surface area contributed by atoms with Crippen molar-refractivity contribution in [1.82, 2.24) is 0 Å². The van der Waals surface area contributed by atoms with Crippen molar-refractivity contribution in [2.45, 2.75) is 115 Å². The second-order valence-corrected chi connectivity index (χ2v) is 17.7. The maximum Gasteiger partial charge on any atom is 4.00 e. The Balaban J connectivity index is 0.000000286. The van der Waals surface area contributed by atoms with E-state index in [0.29, 0.717) is 0 Å². The van der Waals surface area contributed by atoms with Crippen molar-refractivity contribution in [2.24, 2.45) is 0 Å². The fourth-order valence-corrected chi connectivity index (χ4v) is 13.7. The smallest absolute Gasteiger partial charge is 1.00 e. The van der Waals surface area contributed by atoms with Gasteiger partial charge in [0.25, 0.3) is 0 Å². The molecule has 0 spiro atoms. The molecular weight excluding hydrogens is 637 g/mol. The van der Waals surface area contributed by atoms with Crippen LogP contribution in [0.25, 0.3) is 21.5 Å². The van der Waals surface area contributed by atoms with E-state index in [0.717, 1.165) is 11.3 Å². The average Bonchev–Trinajstić information content (AvgIpc) is 3.63. The van der Waals surface area contributed by atoms with E-state index in [1.165, 1.54) is 124 Å². The minimum atomic E-state index is 0. The van der Waals surface area contributed by atoms with E-state index >= 15 is 0 Å². The predicted molar refractivity (Wildman–Crippen MR) is 185 cm³/mol. The summed E-state index contributed by atoms with van der Waals surface area (Å²) in [6, 6.07) is 27.7. The molecule has 2 saturated carbocycles. The molecule has 0 atom stereocenters. The van der Waals surface area contributed by atoms with Crippen LogP contribution in [0.1, 0.15) is 104 Å². The average molecular weight is 690 g/mol. The number of hydrogen-bond donors (Lipinski definition) is 0. The number of hydrogen-bond acceptors (Lipinski definition) is 0. The Hall–Kier alpha value is -0.186. The molecule has 0 radical (unpaired) electrons. The fraction of sp³-hybridized carbons (Fsp3) is 0.526. The van der Waals surface area contributed by atoms with Crippen molar-refractivity contribution in [2.75, 3.05) is 12.3 Å². The monoisotopic (exact) mass is 688 g/mol. The summed E-state index contributed by atoms with van der Waals surface area (Å²) in [5.74, 6) is 0. The quantitative estimate of drug-likeness (QED) is 0.116. The predicted octanol–water partition coefficient (Wildman–Crippen LogP) is 5.60. The van der Waals surface area contributed by atoms with Crippen LogP contribution in [0.2, 0.25) is 0 Å². The first-order chi connectivity index (χ1) is 19.8. The first-order valence-corrected chi connectivity index (χ1v) is 19.8. The fourth-order valence-electron chi connectivity index (χ4n) is 7.11. The molecular formula is C38H52Cl2P2Ti. The first-order valence-electron chi connectivity index (χ1n) is 16.6. The zero-order valence-corrected chi connectivity index (χ0v) is 31.4. The normalized spacial score (nSPS) is 15.9. The zero-order chi connectivity index (χ0) is 27.6. The van der Waals surface area contributed by atoms with Gasteiger partial charge in [0.05, 0.1) is 0 Å². The summed E-state index contributed by atoms with van der Waals surface area (Å²) >= 11 is 0. The van der Waals surface area contributed by atoms with Gasteiger partial charge in [-0.1, -0.05) is 93.2 Å². The van der Waals surface area contributed by atoms with Crippen LogP contribution in [0.15, 0.2) is 72.8 Å². The summed E-state index contributed by atoms with van der Waals surface area (Å²) in [6.07, 6.45) is 23.2. The first kappa shape index (κ1) is 39.0. The van der Waals surface area contributed by atoms with Crippen molar-refractivity contribution in [3.8, 4) is 0 Å². The largest absolute Gasteiger partial charge is 4.00 e. The van der Waals surface area contributed by atoms with Gasteiger partial charge in [0.15, 0.2) is 0 Å². The molecule has 2 fully saturated rings. The Morgan fingerprint density at radius 1 is 0.605 bits per heavy atom. The van der Waals surface area contributed by atoms with E-state index in [-0.39, 0.29) is 62.4 Å². The molecule has 0 saturated heterocycles. The number of fused-ring (bicyclic) bond motifs is 2. The summed E-state index contributed by atoms with van der Waals surface area (Å²) in [5.41, 5.74) is 2.03. The number of benzene rings is 2. The van der Waals surface area contributed by atoms with Gasteiger partial charge in [-0.05, 0) is 62.2 Å². The molecule has 4 aromatic carbocycles. The summed E-state index contributed by atoms with van der Waals surface area (Å²) in [6.45, 7) is 4.60. The maximum absolute atomic E-state index is 2.55. The number of unbranched alkanes of at least 4 members (excludes halogenated alkanes) is 2. The third-order valence-corrected chi connectivity index (χ3v) is 15.5. The van der Waals surface area contributed by atoms with Gasteiger partial charge in [0.2, 0.25) is 0 Å². The van der Waals surface area contributed by atoms with E-state index in [1.54, 1.807) is 10.6 Å². The second kappa shape index (κ2) is 20.8. The van der Waals surface area contributed by atoms with Crippen LogP contribution in [-0.4, -0.2) is 23.6 Å². The van der Waals surface area contributed by atoms with E-state index < -0.39 is 0 Å². The van der Waals surface area contributed by atoms with Crippen LogP contribution in [0.5, 0.6) is 0 Å². The molecule has 2 aliphatic carbocycles. The molecule has 4 aromatic rings. The number of rotatable bonds is 10. The van der Waals surface area contributed by atoms with Gasteiger partial charge in [-0.3, -0.25) is 0 Å². The van der Waals surface area contributed by atoms with Crippen molar-refractivity contribution < 1.29 is 46.5 Å². The van der Waals surface area contributed by atoms with Crippen LogP contribution < -0.4 is 35.4 Å². The van der Waals surface area contributed by atoms with Crippen LogP contribution in [0.3, 0.4) is 0 Å². The minimum Gasteiger partial charge on any atom is -1.00 e. The Labute approximate surface area is 292 Å². The molecule has 0 N–H and O–H groups in total. The molecule has 232 valence electrons. The molecule has 0 nitrogen and oxygen atoms in total. The molecule has 43 heavy (non-hydrogen) atoms. The molecule has 2 aliphatic rings. The van der Waals surface area contributed by atoms with Crippen molar-refractivity contribution in [3.05, 3.63) is 72.8 Å². The number of halogens is 2. The van der Waals surface area contributed by atoms with Crippen molar-refractivity contribution >= 4 is 48.0 Å². The van der Waals surface area contributed by atoms with E-state index in [4.69, 9.17) is 0 Å². The van der Waals surface area contributed by atoms with Crippen LogP contribution in [-0.2, 0) is 21.7 Å². The third kappa shape index (κ3) is 10.9. The van der Waals surface area contributed by atoms with Crippen LogP contribution >= 0.6 is 15.8 Å². The summed E-state index contributed by atoms with van der Waals surface area (Å²) in [4.78, 5) is 0. The SMILES string of the molecule is CCCCP(CCCC)c1cc2ccccc2[cH-]1.[Cl-].[Cl-].[Ti+4].c1ccc2[cH-]c(P(C3CCCCC3)C3CCCCC3)cc2c1. The van der Waals surface area contributed by atoms with E-state index in [9.17, 15) is 0 Å². The minimum absolute atomic E-state index is 0. The van der Waals surface area contributed by atoms with Gasteiger partial charge < -0.3 is 24.8 Å². The molecule has 0 unspecified atom stereocenters. The van der Waals surface area contributed by atoms with E-state index in [1.807, 2.05) is 0 Å². The van der Waals surface area contributed by atoms with E-state index in [2.05, 4.69) is 86.6 Å². The van der Waals surface area contributed by atoms with Gasteiger partial charge in [0.1, 0.15) is 0 Å². The van der Waals surface area contributed by atoms with Gasteiger partial charge in [-0.25, -0.2) is 0 Å². The molecule has 0 bridgehead atoms. The van der Waals surface area contributed by atoms with Gasteiger partial charge in [-0.2, -0.15) is 12.1 Å². The summed E-state index contributed by atoms with van der Waals surface area (Å²) in [5, 5.41) is 9.15. The van der Waals surface area contributed by atoms with Crippen LogP contribution in [0.4, 0.5) is 0 Å². The molecule has 0 amide bonds. The summed E-state index contributed by atoms with van der Waals surface area (Å²) < 4.78 is 0. The van der Waals surface area contributed by atoms with Crippen LogP contribution in [0, 0.1) is 0 Å². The topological polar surface area (TPSA) is 0 Å². The molecule has 6 rings (SSSR count). The zero-order valence-electron chi connectivity index (χ0n) is 26.5. The van der Waals surface area contributed by atoms with Gasteiger partial charge >= 0.3 is 21.7 Å². The Bertz CT molecular complexity index is 1190. The third-order valence-electron chi connectivity index (χ3n) is 9.37. The molecule has 5 heteroatoms. The Morgan fingerprint density at radius 2 is 1.02 bits per heavy atom. The standard InChI is InChI=1S/C21H28P.C17H24P.2ClH.Ti/c1-3-11-19(12-4-1)22(20-13-5-2-6-14-20)21-15-17-9-7-8-10-18(17)16-21;1-3-5-11-18(12-6-4-2)17-13-15-9-7-8-10-16(15)14-17;;;/h7-10,15-16,19-20H,1-6,11-14H2;7-10,13-14H,3-6,11-12H2,1-2H3;2*1H;/q2*-1;;;+4/p-2. The van der Waals surface area contributed by atoms with Crippen molar-refractivity contribution in [3.63, 3.8) is 0 Å². The van der Waals surface area contributed by atoms with Gasteiger partial charge in [0, 0.05) is 0 Å². The molecule has 0 aromatic heterocycles. The summed E-state index contributed by atoms with van der Waals surface area (Å²) in [7, 11) is 0.147. The molecule has 0 heterocycles.